The van der Waals surface area contributed by atoms with Crippen molar-refractivity contribution >= 4 is 0 Å². The number of hydrogen-bond donors (Lipinski definition) is 2. The smallest absolute Gasteiger partial charge is 0.163 e. The first-order valence-corrected chi connectivity index (χ1v) is 6.03. The Morgan fingerprint density at radius 1 is 1.29 bits per heavy atom. The van der Waals surface area contributed by atoms with E-state index >= 15 is 0 Å². The van der Waals surface area contributed by atoms with E-state index in [-0.39, 0.29) is 18.2 Å². The van der Waals surface area contributed by atoms with E-state index in [0.29, 0.717) is 0 Å². The lowest BCUT2D eigenvalue weighted by Crippen LogP contribution is -2.34. The van der Waals surface area contributed by atoms with Crippen LogP contribution in [0.1, 0.15) is 40.5 Å². The molecule has 0 radical (unpaired) electrons. The van der Waals surface area contributed by atoms with Gasteiger partial charge in [-0.05, 0) is 40.5 Å². The monoisotopic (exact) mass is 247 g/mol. The molecule has 1 heterocycles. The van der Waals surface area contributed by atoms with Crippen molar-refractivity contribution in [3.05, 3.63) is 0 Å². The average molecular weight is 247 g/mol. The Morgan fingerprint density at radius 2 is 1.82 bits per heavy atom. The first kappa shape index (κ1) is 14.9. The molecule has 0 aromatic carbocycles. The Balaban J connectivity index is 0.000000209. The van der Waals surface area contributed by atoms with Crippen LogP contribution in [0.5, 0.6) is 0 Å². The third-order valence-corrected chi connectivity index (χ3v) is 2.93. The molecule has 3 unspecified atom stereocenters. The summed E-state index contributed by atoms with van der Waals surface area (Å²) >= 11 is 0. The molecular weight excluding hydrogens is 222 g/mol. The lowest BCUT2D eigenvalue weighted by molar-refractivity contribution is -0.155. The summed E-state index contributed by atoms with van der Waals surface area (Å²) in [5.41, 5.74) is 5.84. The van der Waals surface area contributed by atoms with Crippen LogP contribution in [0.4, 0.5) is 0 Å². The fourth-order valence-electron chi connectivity index (χ4n) is 1.97. The van der Waals surface area contributed by atoms with E-state index in [9.17, 15) is 0 Å². The second-order valence-electron chi connectivity index (χ2n) is 5.53. The Hall–Kier alpha value is -0.200. The molecule has 17 heavy (non-hydrogen) atoms. The van der Waals surface area contributed by atoms with Crippen LogP contribution in [0, 0.1) is 0 Å². The van der Waals surface area contributed by atoms with Gasteiger partial charge in [-0.15, -0.1) is 0 Å². The molecule has 2 rings (SSSR count). The van der Waals surface area contributed by atoms with Gasteiger partial charge in [-0.3, -0.25) is 0 Å². The summed E-state index contributed by atoms with van der Waals surface area (Å²) in [5, 5.41) is 8.60. The highest BCUT2D eigenvalue weighted by molar-refractivity contribution is 4.94. The summed E-state index contributed by atoms with van der Waals surface area (Å²) in [6.45, 7) is 7.04. The lowest BCUT2D eigenvalue weighted by Gasteiger charge is -2.19. The number of hydrogen-bond acceptors (Lipinski definition) is 5. The summed E-state index contributed by atoms with van der Waals surface area (Å²) in [6.07, 6.45) is 2.48. The zero-order valence-corrected chi connectivity index (χ0v) is 11.4. The van der Waals surface area contributed by atoms with E-state index in [4.69, 9.17) is 20.3 Å². The summed E-state index contributed by atoms with van der Waals surface area (Å²) < 4.78 is 15.8. The minimum absolute atomic E-state index is 0.144. The largest absolute Gasteiger partial charge is 0.366 e. The quantitative estimate of drug-likeness (QED) is 0.676. The SMILES string of the molecule is CC1(C)OC2CCC(N)C2O1.COC(C)(C)O. The van der Waals surface area contributed by atoms with Crippen LogP contribution in [0.15, 0.2) is 0 Å². The Labute approximate surface area is 103 Å². The van der Waals surface area contributed by atoms with Crippen LogP contribution in [0.3, 0.4) is 0 Å². The molecule has 1 saturated heterocycles. The molecule has 0 bridgehead atoms. The van der Waals surface area contributed by atoms with Crippen molar-refractivity contribution < 1.29 is 19.3 Å². The normalized spacial score (nSPS) is 35.1. The predicted molar refractivity (Wildman–Crippen MR) is 64.3 cm³/mol. The van der Waals surface area contributed by atoms with E-state index < -0.39 is 11.6 Å². The van der Waals surface area contributed by atoms with Gasteiger partial charge < -0.3 is 25.1 Å². The molecule has 0 spiro atoms. The van der Waals surface area contributed by atoms with Gasteiger partial charge in [0.2, 0.25) is 0 Å². The fourth-order valence-corrected chi connectivity index (χ4v) is 1.97. The number of rotatable bonds is 1. The van der Waals surface area contributed by atoms with Gasteiger partial charge in [0.15, 0.2) is 11.6 Å². The second kappa shape index (κ2) is 5.20. The fraction of sp³-hybridized carbons (Fsp3) is 1.00. The maximum atomic E-state index is 8.60. The first-order valence-electron chi connectivity index (χ1n) is 6.03. The molecule has 0 aromatic heterocycles. The topological polar surface area (TPSA) is 73.9 Å². The number of methoxy groups -OCH3 is 1. The second-order valence-corrected chi connectivity index (χ2v) is 5.53. The first-order chi connectivity index (χ1) is 7.64. The number of fused-ring (bicyclic) bond motifs is 1. The number of aliphatic hydroxyl groups is 1. The van der Waals surface area contributed by atoms with Crippen LogP contribution in [0.25, 0.3) is 0 Å². The molecule has 1 aliphatic carbocycles. The number of ether oxygens (including phenoxy) is 3. The van der Waals surface area contributed by atoms with Crippen LogP contribution >= 0.6 is 0 Å². The summed E-state index contributed by atoms with van der Waals surface area (Å²) in [6, 6.07) is 0.182. The highest BCUT2D eigenvalue weighted by Crippen LogP contribution is 2.37. The highest BCUT2D eigenvalue weighted by atomic mass is 16.8. The van der Waals surface area contributed by atoms with E-state index in [1.807, 2.05) is 13.8 Å². The van der Waals surface area contributed by atoms with Gasteiger partial charge in [0.05, 0.1) is 6.10 Å². The minimum Gasteiger partial charge on any atom is -0.366 e. The third-order valence-electron chi connectivity index (χ3n) is 2.93. The predicted octanol–water partition coefficient (Wildman–Crippen LogP) is 0.989. The van der Waals surface area contributed by atoms with E-state index in [2.05, 4.69) is 4.74 Å². The highest BCUT2D eigenvalue weighted by Gasteiger charge is 2.47. The van der Waals surface area contributed by atoms with Crippen molar-refractivity contribution in [2.24, 2.45) is 5.73 Å². The molecule has 5 nitrogen and oxygen atoms in total. The lowest BCUT2D eigenvalue weighted by atomic mass is 10.2. The van der Waals surface area contributed by atoms with Crippen LogP contribution in [-0.2, 0) is 14.2 Å². The van der Waals surface area contributed by atoms with Crippen LogP contribution < -0.4 is 5.73 Å². The Bertz CT molecular complexity index is 249. The van der Waals surface area contributed by atoms with E-state index in [1.165, 1.54) is 7.11 Å². The molecule has 2 fully saturated rings. The van der Waals surface area contributed by atoms with Crippen molar-refractivity contribution in [1.82, 2.24) is 0 Å². The van der Waals surface area contributed by atoms with Crippen molar-refractivity contribution in [2.45, 2.75) is 70.4 Å². The Morgan fingerprint density at radius 3 is 2.24 bits per heavy atom. The van der Waals surface area contributed by atoms with Crippen molar-refractivity contribution in [1.29, 1.82) is 0 Å². The van der Waals surface area contributed by atoms with Crippen molar-refractivity contribution in [2.75, 3.05) is 7.11 Å². The van der Waals surface area contributed by atoms with E-state index in [0.717, 1.165) is 12.8 Å². The molecule has 0 aromatic rings. The van der Waals surface area contributed by atoms with Crippen molar-refractivity contribution in [3.8, 4) is 0 Å². The maximum absolute atomic E-state index is 8.60. The molecule has 2 aliphatic rings. The molecular formula is C12H25NO4. The van der Waals surface area contributed by atoms with Gasteiger partial charge in [0.1, 0.15) is 6.10 Å². The summed E-state index contributed by atoms with van der Waals surface area (Å²) in [7, 11) is 1.46. The van der Waals surface area contributed by atoms with Gasteiger partial charge in [-0.25, -0.2) is 0 Å². The molecule has 1 aliphatic heterocycles. The van der Waals surface area contributed by atoms with Crippen molar-refractivity contribution in [3.63, 3.8) is 0 Å². The third kappa shape index (κ3) is 4.52. The Kier molecular flexibility index (Phi) is 4.54. The maximum Gasteiger partial charge on any atom is 0.163 e. The zero-order chi connectivity index (χ0) is 13.3. The molecule has 5 heteroatoms. The van der Waals surface area contributed by atoms with Gasteiger partial charge in [0, 0.05) is 13.2 Å². The summed E-state index contributed by atoms with van der Waals surface area (Å²) in [4.78, 5) is 0. The van der Waals surface area contributed by atoms with Gasteiger partial charge >= 0.3 is 0 Å². The van der Waals surface area contributed by atoms with Gasteiger partial charge in [-0.1, -0.05) is 0 Å². The molecule has 0 amide bonds. The molecule has 3 N–H and O–H groups in total. The van der Waals surface area contributed by atoms with Crippen LogP contribution in [0.2, 0.25) is 0 Å². The molecule has 3 atom stereocenters. The minimum atomic E-state index is -0.958. The molecule has 1 saturated carbocycles. The van der Waals surface area contributed by atoms with Crippen LogP contribution in [-0.4, -0.2) is 42.0 Å². The number of nitrogens with two attached hydrogens (primary N) is 1. The average Bonchev–Trinajstić information content (AvgIpc) is 2.64. The summed E-state index contributed by atoms with van der Waals surface area (Å²) in [5.74, 6) is -1.37. The molecule has 102 valence electrons. The van der Waals surface area contributed by atoms with E-state index in [1.54, 1.807) is 13.8 Å². The van der Waals surface area contributed by atoms with Gasteiger partial charge in [-0.2, -0.15) is 0 Å². The van der Waals surface area contributed by atoms with Gasteiger partial charge in [0.25, 0.3) is 0 Å². The zero-order valence-electron chi connectivity index (χ0n) is 11.4. The standard InChI is InChI=1S/C8H15NO2.C4H10O2/c1-8(2)10-6-4-3-5(9)7(6)11-8;1-4(2,5)6-3/h5-7H,3-4,9H2,1-2H3;5H,1-3H3.